The number of alkyl halides is 3. The number of halogens is 3. The van der Waals surface area contributed by atoms with Crippen molar-refractivity contribution >= 4 is 5.91 Å². The van der Waals surface area contributed by atoms with E-state index in [1.807, 2.05) is 0 Å². The minimum atomic E-state index is -4.36. The molecule has 2 rings (SSSR count). The molecule has 0 spiro atoms. The van der Waals surface area contributed by atoms with Gasteiger partial charge in [0.05, 0.1) is 24.2 Å². The number of ether oxygens (including phenoxy) is 1. The molecule has 0 aliphatic carbocycles. The van der Waals surface area contributed by atoms with E-state index in [1.54, 1.807) is 18.7 Å². The van der Waals surface area contributed by atoms with Crippen LogP contribution in [0.25, 0.3) is 0 Å². The number of hydrogen-bond donors (Lipinski definition) is 0. The molecule has 0 radical (unpaired) electrons. The number of hydrogen-bond acceptors (Lipinski definition) is 2. The van der Waals surface area contributed by atoms with Gasteiger partial charge >= 0.3 is 6.18 Å². The lowest BCUT2D eigenvalue weighted by molar-refractivity contribution is -0.140. The fraction of sp³-hybridized carbons (Fsp3) is 0.533. The number of carbonyl (C=O) groups excluding carboxylic acids is 1. The molecule has 1 aliphatic heterocycles. The summed E-state index contributed by atoms with van der Waals surface area (Å²) >= 11 is 0. The highest BCUT2D eigenvalue weighted by atomic mass is 19.4. The van der Waals surface area contributed by atoms with Gasteiger partial charge in [-0.2, -0.15) is 13.2 Å². The van der Waals surface area contributed by atoms with E-state index < -0.39 is 17.2 Å². The minimum absolute atomic E-state index is 0.0921. The first-order valence-electron chi connectivity index (χ1n) is 6.78. The van der Waals surface area contributed by atoms with Crippen LogP contribution in [0.15, 0.2) is 24.3 Å². The van der Waals surface area contributed by atoms with Crippen molar-refractivity contribution in [2.75, 3.05) is 26.3 Å². The Kier molecular flexibility index (Phi) is 4.27. The van der Waals surface area contributed by atoms with Crippen LogP contribution in [-0.2, 0) is 21.1 Å². The first kappa shape index (κ1) is 15.8. The van der Waals surface area contributed by atoms with Crippen molar-refractivity contribution in [2.24, 2.45) is 0 Å². The van der Waals surface area contributed by atoms with E-state index in [4.69, 9.17) is 4.74 Å². The summed E-state index contributed by atoms with van der Waals surface area (Å²) < 4.78 is 42.9. The minimum Gasteiger partial charge on any atom is -0.378 e. The van der Waals surface area contributed by atoms with Crippen LogP contribution >= 0.6 is 0 Å². The van der Waals surface area contributed by atoms with Crippen LogP contribution in [-0.4, -0.2) is 37.1 Å². The van der Waals surface area contributed by atoms with Crippen molar-refractivity contribution in [1.82, 2.24) is 4.90 Å². The molecule has 0 unspecified atom stereocenters. The van der Waals surface area contributed by atoms with Gasteiger partial charge in [-0.3, -0.25) is 4.79 Å². The molecule has 0 N–H and O–H groups in total. The van der Waals surface area contributed by atoms with Crippen LogP contribution < -0.4 is 0 Å². The molecular weight excluding hydrogens is 283 g/mol. The third-order valence-electron chi connectivity index (χ3n) is 3.77. The van der Waals surface area contributed by atoms with Crippen molar-refractivity contribution in [3.63, 3.8) is 0 Å². The van der Waals surface area contributed by atoms with Gasteiger partial charge in [0.2, 0.25) is 5.91 Å². The molecule has 1 aliphatic rings. The van der Waals surface area contributed by atoms with Crippen LogP contribution in [0.1, 0.15) is 25.0 Å². The molecule has 0 aromatic heterocycles. The molecule has 1 aromatic carbocycles. The predicted octanol–water partition coefficient (Wildman–Crippen LogP) is 2.84. The lowest BCUT2D eigenvalue weighted by atomic mass is 9.82. The van der Waals surface area contributed by atoms with Gasteiger partial charge in [0.1, 0.15) is 0 Å². The van der Waals surface area contributed by atoms with Crippen molar-refractivity contribution < 1.29 is 22.7 Å². The van der Waals surface area contributed by atoms with E-state index in [0.29, 0.717) is 31.9 Å². The summed E-state index contributed by atoms with van der Waals surface area (Å²) in [5.41, 5.74) is -0.991. The largest absolute Gasteiger partial charge is 0.416 e. The Labute approximate surface area is 121 Å². The summed E-state index contributed by atoms with van der Waals surface area (Å²) in [6, 6.07) is 4.79. The standard InChI is InChI=1S/C15H18F3NO2/c1-14(2,13(20)19-7-9-21-10-8-19)11-3-5-12(6-4-11)15(16,17)18/h3-6H,7-10H2,1-2H3. The van der Waals surface area contributed by atoms with Crippen LogP contribution in [0.3, 0.4) is 0 Å². The van der Waals surface area contributed by atoms with Crippen LogP contribution in [0, 0.1) is 0 Å². The van der Waals surface area contributed by atoms with Crippen LogP contribution in [0.5, 0.6) is 0 Å². The summed E-state index contributed by atoms with van der Waals surface area (Å²) in [7, 11) is 0. The van der Waals surface area contributed by atoms with E-state index in [-0.39, 0.29) is 5.91 Å². The van der Waals surface area contributed by atoms with Gasteiger partial charge in [-0.05, 0) is 31.5 Å². The molecule has 1 saturated heterocycles. The van der Waals surface area contributed by atoms with E-state index in [0.717, 1.165) is 12.1 Å². The number of morpholine rings is 1. The Balaban J connectivity index is 2.20. The molecule has 1 amide bonds. The Morgan fingerprint density at radius 2 is 1.52 bits per heavy atom. The number of benzene rings is 1. The Bertz CT molecular complexity index is 503. The van der Waals surface area contributed by atoms with Crippen molar-refractivity contribution in [3.05, 3.63) is 35.4 Å². The Hall–Kier alpha value is -1.56. The van der Waals surface area contributed by atoms with Gasteiger partial charge < -0.3 is 9.64 Å². The first-order chi connectivity index (χ1) is 9.73. The highest BCUT2D eigenvalue weighted by Gasteiger charge is 2.36. The number of rotatable bonds is 2. The zero-order chi connectivity index (χ0) is 15.7. The Morgan fingerprint density at radius 3 is 2.00 bits per heavy atom. The topological polar surface area (TPSA) is 29.5 Å². The maximum absolute atomic E-state index is 12.6. The Morgan fingerprint density at radius 1 is 1.05 bits per heavy atom. The number of amides is 1. The van der Waals surface area contributed by atoms with Gasteiger partial charge in [-0.25, -0.2) is 0 Å². The summed E-state index contributed by atoms with van der Waals surface area (Å²) in [5, 5.41) is 0. The van der Waals surface area contributed by atoms with Crippen molar-refractivity contribution in [2.45, 2.75) is 25.4 Å². The monoisotopic (exact) mass is 301 g/mol. The summed E-state index contributed by atoms with van der Waals surface area (Å²) in [6.45, 7) is 5.48. The van der Waals surface area contributed by atoms with E-state index in [9.17, 15) is 18.0 Å². The maximum Gasteiger partial charge on any atom is 0.416 e. The zero-order valence-electron chi connectivity index (χ0n) is 12.0. The molecule has 116 valence electrons. The molecule has 0 bridgehead atoms. The molecular formula is C15H18F3NO2. The van der Waals surface area contributed by atoms with Gasteiger partial charge in [0.25, 0.3) is 0 Å². The predicted molar refractivity (Wildman–Crippen MR) is 71.9 cm³/mol. The maximum atomic E-state index is 12.6. The molecule has 6 heteroatoms. The molecule has 1 fully saturated rings. The second-order valence-corrected chi connectivity index (χ2v) is 5.60. The summed E-state index contributed by atoms with van der Waals surface area (Å²) in [6.07, 6.45) is -4.36. The van der Waals surface area contributed by atoms with Gasteiger partial charge in [-0.1, -0.05) is 12.1 Å². The normalized spacial score (nSPS) is 16.9. The third-order valence-corrected chi connectivity index (χ3v) is 3.77. The lowest BCUT2D eigenvalue weighted by Gasteiger charge is -2.34. The highest BCUT2D eigenvalue weighted by Crippen LogP contribution is 2.32. The van der Waals surface area contributed by atoms with E-state index >= 15 is 0 Å². The third kappa shape index (κ3) is 3.37. The zero-order valence-corrected chi connectivity index (χ0v) is 12.0. The fourth-order valence-corrected chi connectivity index (χ4v) is 2.36. The molecule has 0 atom stereocenters. The van der Waals surface area contributed by atoms with Crippen LogP contribution in [0.2, 0.25) is 0 Å². The SMILES string of the molecule is CC(C)(C(=O)N1CCOCC1)c1ccc(C(F)(F)F)cc1. The molecule has 21 heavy (non-hydrogen) atoms. The summed E-state index contributed by atoms with van der Waals surface area (Å²) in [4.78, 5) is 14.2. The molecule has 1 aromatic rings. The smallest absolute Gasteiger partial charge is 0.378 e. The van der Waals surface area contributed by atoms with Crippen molar-refractivity contribution in [3.8, 4) is 0 Å². The van der Waals surface area contributed by atoms with E-state index in [2.05, 4.69) is 0 Å². The quantitative estimate of drug-likeness (QED) is 0.840. The number of carbonyl (C=O) groups is 1. The lowest BCUT2D eigenvalue weighted by Crippen LogP contribution is -2.48. The molecule has 0 saturated carbocycles. The number of nitrogens with zero attached hydrogens (tertiary/aromatic N) is 1. The van der Waals surface area contributed by atoms with Crippen LogP contribution in [0.4, 0.5) is 13.2 Å². The second kappa shape index (κ2) is 5.67. The first-order valence-corrected chi connectivity index (χ1v) is 6.78. The molecule has 1 heterocycles. The van der Waals surface area contributed by atoms with Crippen molar-refractivity contribution in [1.29, 1.82) is 0 Å². The molecule has 3 nitrogen and oxygen atoms in total. The summed E-state index contributed by atoms with van der Waals surface area (Å²) in [5.74, 6) is -0.0921. The fourth-order valence-electron chi connectivity index (χ4n) is 2.36. The second-order valence-electron chi connectivity index (χ2n) is 5.60. The van der Waals surface area contributed by atoms with E-state index in [1.165, 1.54) is 12.1 Å². The van der Waals surface area contributed by atoms with Gasteiger partial charge in [0.15, 0.2) is 0 Å². The average Bonchev–Trinajstić information content (AvgIpc) is 2.46. The van der Waals surface area contributed by atoms with Gasteiger partial charge in [0, 0.05) is 13.1 Å². The average molecular weight is 301 g/mol. The van der Waals surface area contributed by atoms with Gasteiger partial charge in [-0.15, -0.1) is 0 Å². The highest BCUT2D eigenvalue weighted by molar-refractivity contribution is 5.87.